The first-order valence-corrected chi connectivity index (χ1v) is 11.6. The average molecular weight is 373 g/mol. The van der Waals surface area contributed by atoms with E-state index in [-0.39, 0.29) is 11.4 Å². The fourth-order valence-corrected chi connectivity index (χ4v) is 8.79. The van der Waals surface area contributed by atoms with Gasteiger partial charge in [0.2, 0.25) is 0 Å². The second-order valence-corrected chi connectivity index (χ2v) is 11.0. The Morgan fingerprint density at radius 1 is 0.852 bits per heavy atom. The van der Waals surface area contributed by atoms with Crippen molar-refractivity contribution in [2.75, 3.05) is 19.8 Å². The minimum atomic E-state index is -0.281. The fraction of sp³-hybridized carbons (Fsp3) is 0.917. The molecule has 2 heterocycles. The van der Waals surface area contributed by atoms with Gasteiger partial charge in [0.25, 0.3) is 0 Å². The highest BCUT2D eigenvalue weighted by Crippen LogP contribution is 2.69. The maximum absolute atomic E-state index is 6.50. The predicted molar refractivity (Wildman–Crippen MR) is 104 cm³/mol. The number of rotatable bonds is 0. The molecule has 4 unspecified atom stereocenters. The van der Waals surface area contributed by atoms with Gasteiger partial charge in [-0.15, -0.1) is 0 Å². The van der Waals surface area contributed by atoms with Crippen LogP contribution in [-0.2, 0) is 14.2 Å². The largest absolute Gasteiger partial charge is 0.374 e. The van der Waals surface area contributed by atoms with Crippen LogP contribution in [0.15, 0.2) is 11.6 Å². The molecule has 6 rings (SSSR count). The van der Waals surface area contributed by atoms with Crippen molar-refractivity contribution in [1.29, 1.82) is 0 Å². The number of fused-ring (bicyclic) bond motifs is 6. The lowest BCUT2D eigenvalue weighted by Crippen LogP contribution is -2.55. The molecule has 0 amide bonds. The van der Waals surface area contributed by atoms with Crippen LogP contribution < -0.4 is 0 Å². The highest BCUT2D eigenvalue weighted by molar-refractivity contribution is 5.27. The lowest BCUT2D eigenvalue weighted by Gasteiger charge is -2.60. The van der Waals surface area contributed by atoms with Gasteiger partial charge in [-0.25, -0.2) is 0 Å². The van der Waals surface area contributed by atoms with E-state index in [1.807, 2.05) is 0 Å². The molecule has 0 aromatic carbocycles. The van der Waals surface area contributed by atoms with Crippen LogP contribution in [0.3, 0.4) is 0 Å². The van der Waals surface area contributed by atoms with Gasteiger partial charge < -0.3 is 14.2 Å². The summed E-state index contributed by atoms with van der Waals surface area (Å²) >= 11 is 0. The van der Waals surface area contributed by atoms with Gasteiger partial charge in [-0.1, -0.05) is 25.5 Å². The molecule has 2 saturated heterocycles. The Hall–Kier alpha value is -0.380. The molecular formula is C24H36O3. The van der Waals surface area contributed by atoms with E-state index in [4.69, 9.17) is 14.2 Å². The lowest BCUT2D eigenvalue weighted by molar-refractivity contribution is -0.188. The van der Waals surface area contributed by atoms with Crippen LogP contribution in [0.2, 0.25) is 0 Å². The zero-order valence-corrected chi connectivity index (χ0v) is 17.2. The molecule has 0 N–H and O–H groups in total. The summed E-state index contributed by atoms with van der Waals surface area (Å²) in [5, 5.41) is 0. The van der Waals surface area contributed by atoms with Crippen molar-refractivity contribution in [3.05, 3.63) is 11.6 Å². The predicted octanol–water partition coefficient (Wildman–Crippen LogP) is 5.24. The van der Waals surface area contributed by atoms with E-state index in [0.29, 0.717) is 10.8 Å². The summed E-state index contributed by atoms with van der Waals surface area (Å²) in [4.78, 5) is 0. The van der Waals surface area contributed by atoms with Crippen molar-refractivity contribution in [3.63, 3.8) is 0 Å². The van der Waals surface area contributed by atoms with Crippen molar-refractivity contribution in [2.45, 2.75) is 89.4 Å². The van der Waals surface area contributed by atoms with Crippen LogP contribution in [0.4, 0.5) is 0 Å². The van der Waals surface area contributed by atoms with Crippen LogP contribution in [0.5, 0.6) is 0 Å². The maximum atomic E-state index is 6.50. The summed E-state index contributed by atoms with van der Waals surface area (Å²) < 4.78 is 18.7. The molecule has 2 spiro atoms. The van der Waals surface area contributed by atoms with E-state index in [1.165, 1.54) is 51.4 Å². The van der Waals surface area contributed by atoms with E-state index in [2.05, 4.69) is 19.9 Å². The Kier molecular flexibility index (Phi) is 3.63. The zero-order valence-electron chi connectivity index (χ0n) is 17.2. The van der Waals surface area contributed by atoms with Gasteiger partial charge in [0, 0.05) is 19.4 Å². The Morgan fingerprint density at radius 2 is 1.67 bits per heavy atom. The van der Waals surface area contributed by atoms with Crippen molar-refractivity contribution in [2.24, 2.45) is 28.6 Å². The molecule has 6 aliphatic rings. The Morgan fingerprint density at radius 3 is 2.44 bits per heavy atom. The monoisotopic (exact) mass is 372 g/mol. The van der Waals surface area contributed by atoms with E-state index in [1.54, 1.807) is 5.57 Å². The van der Waals surface area contributed by atoms with Crippen LogP contribution in [-0.4, -0.2) is 31.2 Å². The second kappa shape index (κ2) is 5.61. The third kappa shape index (κ3) is 2.15. The van der Waals surface area contributed by atoms with Crippen molar-refractivity contribution >= 4 is 0 Å². The molecule has 0 aromatic rings. The second-order valence-electron chi connectivity index (χ2n) is 11.0. The fourth-order valence-electron chi connectivity index (χ4n) is 8.79. The summed E-state index contributed by atoms with van der Waals surface area (Å²) in [5.74, 6) is 2.29. The van der Waals surface area contributed by atoms with Gasteiger partial charge in [-0.05, 0) is 80.0 Å². The van der Waals surface area contributed by atoms with Crippen LogP contribution in [0, 0.1) is 28.6 Å². The lowest BCUT2D eigenvalue weighted by atomic mass is 9.46. The molecule has 6 atom stereocenters. The third-order valence-electron chi connectivity index (χ3n) is 10.3. The van der Waals surface area contributed by atoms with Crippen LogP contribution in [0.1, 0.15) is 78.1 Å². The quantitative estimate of drug-likeness (QED) is 0.544. The summed E-state index contributed by atoms with van der Waals surface area (Å²) in [5.41, 5.74) is 2.66. The molecule has 0 bridgehead atoms. The first-order chi connectivity index (χ1) is 13.0. The zero-order chi connectivity index (χ0) is 18.3. The van der Waals surface area contributed by atoms with Gasteiger partial charge in [0.05, 0.1) is 18.8 Å². The van der Waals surface area contributed by atoms with Gasteiger partial charge in [-0.3, -0.25) is 0 Å². The van der Waals surface area contributed by atoms with Crippen LogP contribution >= 0.6 is 0 Å². The van der Waals surface area contributed by atoms with Crippen LogP contribution in [0.25, 0.3) is 0 Å². The van der Waals surface area contributed by atoms with Gasteiger partial charge in [0.15, 0.2) is 5.79 Å². The molecule has 3 heteroatoms. The number of hydrogen-bond acceptors (Lipinski definition) is 3. The van der Waals surface area contributed by atoms with E-state index >= 15 is 0 Å². The smallest absolute Gasteiger partial charge is 0.172 e. The Balaban J connectivity index is 1.32. The topological polar surface area (TPSA) is 27.7 Å². The summed E-state index contributed by atoms with van der Waals surface area (Å²) in [7, 11) is 0. The highest BCUT2D eigenvalue weighted by Gasteiger charge is 2.65. The molecule has 0 aromatic heterocycles. The van der Waals surface area contributed by atoms with E-state index in [9.17, 15) is 0 Å². The summed E-state index contributed by atoms with van der Waals surface area (Å²) in [6, 6.07) is 0. The third-order valence-corrected chi connectivity index (χ3v) is 10.3. The average Bonchev–Trinajstić information content (AvgIpc) is 3.38. The van der Waals surface area contributed by atoms with Gasteiger partial charge in [-0.2, -0.15) is 0 Å². The van der Waals surface area contributed by atoms with Gasteiger partial charge >= 0.3 is 0 Å². The normalized spacial score (nSPS) is 53.3. The minimum Gasteiger partial charge on any atom is -0.374 e. The maximum Gasteiger partial charge on any atom is 0.172 e. The first kappa shape index (κ1) is 17.5. The van der Waals surface area contributed by atoms with E-state index < -0.39 is 0 Å². The molecule has 2 aliphatic heterocycles. The first-order valence-electron chi connectivity index (χ1n) is 11.6. The molecular weight excluding hydrogens is 336 g/mol. The van der Waals surface area contributed by atoms with Gasteiger partial charge in [0.1, 0.15) is 0 Å². The molecule has 150 valence electrons. The molecule has 0 radical (unpaired) electrons. The number of allylic oxidation sites excluding steroid dienone is 1. The van der Waals surface area contributed by atoms with E-state index in [0.717, 1.165) is 50.4 Å². The Bertz CT molecular complexity index is 657. The molecule has 27 heavy (non-hydrogen) atoms. The number of ether oxygens (including phenoxy) is 3. The number of hydrogen-bond donors (Lipinski definition) is 0. The minimum absolute atomic E-state index is 0.218. The highest BCUT2D eigenvalue weighted by atomic mass is 16.7. The molecule has 5 fully saturated rings. The SMILES string of the molecule is C[C@]12CCC3(CC1=CCC1C2CC[C@@]2(C)C1CCC21CCCO1)OCCO3. The summed E-state index contributed by atoms with van der Waals surface area (Å²) in [6.45, 7) is 7.73. The van der Waals surface area contributed by atoms with Crippen molar-refractivity contribution in [1.82, 2.24) is 0 Å². The van der Waals surface area contributed by atoms with Crippen molar-refractivity contribution < 1.29 is 14.2 Å². The molecule has 3 nitrogen and oxygen atoms in total. The standard InChI is InChI=1S/C24H36O3/c1-21-11-12-24(26-14-15-27-24)16-17(21)4-5-18-19(21)6-9-22(2)20(18)7-10-23(22)8-3-13-25-23/h4,18-20H,3,5-16H2,1-2H3/t18?,19?,20?,21-,22-,23?/m0/s1. The summed E-state index contributed by atoms with van der Waals surface area (Å²) in [6.07, 6.45) is 15.3. The molecule has 3 saturated carbocycles. The Labute approximate surface area is 164 Å². The van der Waals surface area contributed by atoms with Crippen molar-refractivity contribution in [3.8, 4) is 0 Å². The molecule has 4 aliphatic carbocycles.